The second-order valence-electron chi connectivity index (χ2n) is 4.54. The van der Waals surface area contributed by atoms with Gasteiger partial charge in [0.1, 0.15) is 0 Å². The molecular formula is C13H19O2S-. The fraction of sp³-hybridized carbons (Fsp3) is 0.538. The van der Waals surface area contributed by atoms with Gasteiger partial charge in [0.05, 0.1) is 0 Å². The first-order valence-electron chi connectivity index (χ1n) is 5.73. The van der Waals surface area contributed by atoms with Gasteiger partial charge in [0.2, 0.25) is 0 Å². The smallest absolute Gasteiger partial charge is 0.0248 e. The largest absolute Gasteiger partial charge is 0.768 e. The summed E-state index contributed by atoms with van der Waals surface area (Å²) in [5.41, 5.74) is 1.24. The minimum absolute atomic E-state index is 0.364. The molecule has 2 atom stereocenters. The Hall–Kier alpha value is -0.670. The molecule has 0 bridgehead atoms. The van der Waals surface area contributed by atoms with Gasteiger partial charge in [-0.15, -0.1) is 0 Å². The topological polar surface area (TPSA) is 40.1 Å². The summed E-state index contributed by atoms with van der Waals surface area (Å²) in [7, 11) is 0. The molecule has 90 valence electrons. The van der Waals surface area contributed by atoms with Crippen LogP contribution in [0, 0.1) is 5.92 Å². The van der Waals surface area contributed by atoms with Gasteiger partial charge in [-0.25, -0.2) is 0 Å². The zero-order valence-electron chi connectivity index (χ0n) is 10.1. The lowest BCUT2D eigenvalue weighted by atomic mass is 9.88. The second kappa shape index (κ2) is 6.16. The standard InChI is InChI=1S/C13H20O2S/c1-4-11(9-10(2)3)12-5-7-13(8-6-12)16(14)15/h5-8,10-11H,4,9H2,1-3H3,(H,14,15)/p-1. The van der Waals surface area contributed by atoms with Crippen molar-refractivity contribution in [1.29, 1.82) is 0 Å². The van der Waals surface area contributed by atoms with E-state index < -0.39 is 11.1 Å². The van der Waals surface area contributed by atoms with Crippen molar-refractivity contribution >= 4 is 11.1 Å². The first-order chi connectivity index (χ1) is 7.54. The van der Waals surface area contributed by atoms with Crippen molar-refractivity contribution in [2.45, 2.75) is 44.4 Å². The summed E-state index contributed by atoms with van der Waals surface area (Å²) < 4.78 is 21.5. The highest BCUT2D eigenvalue weighted by atomic mass is 32.2. The minimum atomic E-state index is -2.11. The van der Waals surface area contributed by atoms with Crippen LogP contribution in [0.4, 0.5) is 0 Å². The lowest BCUT2D eigenvalue weighted by Crippen LogP contribution is -2.02. The van der Waals surface area contributed by atoms with Crippen LogP contribution in [0.1, 0.15) is 45.1 Å². The molecule has 0 radical (unpaired) electrons. The predicted octanol–water partition coefficient (Wildman–Crippen LogP) is 3.46. The van der Waals surface area contributed by atoms with Crippen molar-refractivity contribution in [2.75, 3.05) is 0 Å². The van der Waals surface area contributed by atoms with Crippen molar-refractivity contribution in [3.05, 3.63) is 29.8 Å². The van der Waals surface area contributed by atoms with Crippen LogP contribution in [-0.2, 0) is 11.1 Å². The van der Waals surface area contributed by atoms with Gasteiger partial charge in [-0.05, 0) is 53.5 Å². The van der Waals surface area contributed by atoms with E-state index in [1.165, 1.54) is 5.56 Å². The number of hydrogen-bond acceptors (Lipinski definition) is 2. The molecule has 0 saturated carbocycles. The number of rotatable bonds is 5. The van der Waals surface area contributed by atoms with E-state index in [0.29, 0.717) is 16.7 Å². The first-order valence-corrected chi connectivity index (χ1v) is 6.81. The van der Waals surface area contributed by atoms with Crippen molar-refractivity contribution in [3.8, 4) is 0 Å². The van der Waals surface area contributed by atoms with Crippen LogP contribution in [0.3, 0.4) is 0 Å². The zero-order valence-corrected chi connectivity index (χ0v) is 10.9. The van der Waals surface area contributed by atoms with Gasteiger partial charge in [-0.2, -0.15) is 0 Å². The normalized spacial score (nSPS) is 15.1. The lowest BCUT2D eigenvalue weighted by Gasteiger charge is -2.18. The van der Waals surface area contributed by atoms with Crippen LogP contribution < -0.4 is 0 Å². The summed E-state index contributed by atoms with van der Waals surface area (Å²) in [5.74, 6) is 1.20. The van der Waals surface area contributed by atoms with Crippen LogP contribution >= 0.6 is 0 Å². The monoisotopic (exact) mass is 239 g/mol. The van der Waals surface area contributed by atoms with Gasteiger partial charge in [0.15, 0.2) is 0 Å². The summed E-state index contributed by atoms with van der Waals surface area (Å²) in [5, 5.41) is 0. The molecule has 0 N–H and O–H groups in total. The molecule has 0 amide bonds. The molecule has 3 heteroatoms. The molecular weight excluding hydrogens is 220 g/mol. The van der Waals surface area contributed by atoms with Crippen molar-refractivity contribution in [1.82, 2.24) is 0 Å². The van der Waals surface area contributed by atoms with Crippen molar-refractivity contribution < 1.29 is 8.76 Å². The predicted molar refractivity (Wildman–Crippen MR) is 66.1 cm³/mol. The molecule has 0 aliphatic rings. The first kappa shape index (κ1) is 13.4. The zero-order chi connectivity index (χ0) is 12.1. The Morgan fingerprint density at radius 2 is 1.81 bits per heavy atom. The third-order valence-corrected chi connectivity index (χ3v) is 3.45. The summed E-state index contributed by atoms with van der Waals surface area (Å²) in [6, 6.07) is 7.23. The average molecular weight is 239 g/mol. The van der Waals surface area contributed by atoms with Gasteiger partial charge >= 0.3 is 0 Å². The highest BCUT2D eigenvalue weighted by molar-refractivity contribution is 7.79. The van der Waals surface area contributed by atoms with E-state index in [1.807, 2.05) is 12.1 Å². The number of hydrogen-bond donors (Lipinski definition) is 0. The molecule has 0 heterocycles. The quantitative estimate of drug-likeness (QED) is 0.738. The van der Waals surface area contributed by atoms with Crippen LogP contribution in [0.15, 0.2) is 29.2 Å². The molecule has 1 aromatic rings. The molecule has 0 spiro atoms. The van der Waals surface area contributed by atoms with Crippen LogP contribution in [0.2, 0.25) is 0 Å². The van der Waals surface area contributed by atoms with Crippen molar-refractivity contribution in [3.63, 3.8) is 0 Å². The van der Waals surface area contributed by atoms with E-state index in [-0.39, 0.29) is 0 Å². The molecule has 1 rings (SSSR count). The van der Waals surface area contributed by atoms with Gasteiger partial charge in [0, 0.05) is 4.90 Å². The van der Waals surface area contributed by atoms with E-state index in [1.54, 1.807) is 12.1 Å². The highest BCUT2D eigenvalue weighted by Crippen LogP contribution is 2.27. The fourth-order valence-corrected chi connectivity index (χ4v) is 2.32. The van der Waals surface area contributed by atoms with Gasteiger partial charge in [-0.1, -0.05) is 32.9 Å². The Bertz CT molecular complexity index is 343. The average Bonchev–Trinajstić information content (AvgIpc) is 2.25. The number of benzene rings is 1. The van der Waals surface area contributed by atoms with Crippen LogP contribution in [0.5, 0.6) is 0 Å². The molecule has 0 fully saturated rings. The fourth-order valence-electron chi connectivity index (χ4n) is 1.96. The Balaban J connectivity index is 2.82. The Morgan fingerprint density at radius 1 is 1.25 bits per heavy atom. The third kappa shape index (κ3) is 3.72. The van der Waals surface area contributed by atoms with E-state index in [2.05, 4.69) is 20.8 Å². The highest BCUT2D eigenvalue weighted by Gasteiger charge is 2.11. The maximum absolute atomic E-state index is 10.7. The molecule has 2 unspecified atom stereocenters. The molecule has 0 aromatic heterocycles. The van der Waals surface area contributed by atoms with E-state index in [0.717, 1.165) is 12.8 Å². The Kier molecular flexibility index (Phi) is 5.16. The molecule has 2 nitrogen and oxygen atoms in total. The second-order valence-corrected chi connectivity index (χ2v) is 5.48. The summed E-state index contributed by atoms with van der Waals surface area (Å²) in [6.45, 7) is 6.60. The molecule has 0 saturated heterocycles. The van der Waals surface area contributed by atoms with E-state index in [4.69, 9.17) is 0 Å². The Labute approximate surface area is 100 Å². The molecule has 0 aliphatic heterocycles. The summed E-state index contributed by atoms with van der Waals surface area (Å²) in [6.07, 6.45) is 2.24. The molecule has 16 heavy (non-hydrogen) atoms. The van der Waals surface area contributed by atoms with Crippen LogP contribution in [0.25, 0.3) is 0 Å². The summed E-state index contributed by atoms with van der Waals surface area (Å²) >= 11 is -2.11. The van der Waals surface area contributed by atoms with Gasteiger partial charge in [0.25, 0.3) is 0 Å². The van der Waals surface area contributed by atoms with Crippen LogP contribution in [-0.4, -0.2) is 8.76 Å². The minimum Gasteiger partial charge on any atom is -0.768 e. The summed E-state index contributed by atoms with van der Waals surface area (Å²) in [4.78, 5) is 0.364. The molecule has 1 aromatic carbocycles. The maximum Gasteiger partial charge on any atom is 0.0248 e. The maximum atomic E-state index is 10.7. The van der Waals surface area contributed by atoms with E-state index in [9.17, 15) is 8.76 Å². The third-order valence-electron chi connectivity index (χ3n) is 2.79. The van der Waals surface area contributed by atoms with E-state index >= 15 is 0 Å². The van der Waals surface area contributed by atoms with Gasteiger partial charge in [-0.3, -0.25) is 4.21 Å². The van der Waals surface area contributed by atoms with Gasteiger partial charge < -0.3 is 4.55 Å². The molecule has 0 aliphatic carbocycles. The Morgan fingerprint density at radius 3 is 2.19 bits per heavy atom. The van der Waals surface area contributed by atoms with Crippen molar-refractivity contribution in [2.24, 2.45) is 5.92 Å². The SMILES string of the molecule is CCC(CC(C)C)c1ccc(S(=O)[O-])cc1. The lowest BCUT2D eigenvalue weighted by molar-refractivity contribution is 0.489.